The summed E-state index contributed by atoms with van der Waals surface area (Å²) in [6.45, 7) is 1.77. The van der Waals surface area contributed by atoms with E-state index in [0.717, 1.165) is 36.2 Å². The van der Waals surface area contributed by atoms with Crippen molar-refractivity contribution in [2.45, 2.75) is 13.0 Å². The maximum Gasteiger partial charge on any atom is 0.137 e. The van der Waals surface area contributed by atoms with Crippen molar-refractivity contribution in [2.75, 3.05) is 11.9 Å². The van der Waals surface area contributed by atoms with E-state index in [0.29, 0.717) is 0 Å². The van der Waals surface area contributed by atoms with Crippen LogP contribution >= 0.6 is 0 Å². The van der Waals surface area contributed by atoms with Crippen LogP contribution in [0.5, 0.6) is 0 Å². The van der Waals surface area contributed by atoms with Gasteiger partial charge < -0.3 is 5.32 Å². The molecule has 3 rings (SSSR count). The Kier molecular flexibility index (Phi) is 3.36. The van der Waals surface area contributed by atoms with Crippen molar-refractivity contribution in [1.82, 2.24) is 19.7 Å². The summed E-state index contributed by atoms with van der Waals surface area (Å²) in [5.41, 5.74) is 0.965. The van der Waals surface area contributed by atoms with Gasteiger partial charge in [-0.25, -0.2) is 9.97 Å². The molecule has 0 atom stereocenters. The van der Waals surface area contributed by atoms with Crippen LogP contribution in [0.4, 0.5) is 5.82 Å². The number of nitrogens with one attached hydrogen (secondary N) is 1. The van der Waals surface area contributed by atoms with Crippen molar-refractivity contribution in [3.05, 3.63) is 49.1 Å². The van der Waals surface area contributed by atoms with Gasteiger partial charge in [0.2, 0.25) is 0 Å². The Morgan fingerprint density at radius 2 is 2.05 bits per heavy atom. The molecule has 1 N–H and O–H groups in total. The van der Waals surface area contributed by atoms with Crippen LogP contribution in [0.25, 0.3) is 10.9 Å². The highest BCUT2D eigenvalue weighted by atomic mass is 15.3. The van der Waals surface area contributed by atoms with Gasteiger partial charge >= 0.3 is 0 Å². The van der Waals surface area contributed by atoms with Gasteiger partial charge in [0.05, 0.1) is 5.52 Å². The molecular formula is C14H15N5. The number of aromatic nitrogens is 4. The quantitative estimate of drug-likeness (QED) is 0.709. The lowest BCUT2D eigenvalue weighted by molar-refractivity contribution is 0.591. The summed E-state index contributed by atoms with van der Waals surface area (Å²) in [6.07, 6.45) is 6.36. The van der Waals surface area contributed by atoms with E-state index in [-0.39, 0.29) is 0 Å². The molecule has 19 heavy (non-hydrogen) atoms. The summed E-state index contributed by atoms with van der Waals surface area (Å²) in [6, 6.07) is 9.94. The predicted octanol–water partition coefficient (Wildman–Crippen LogP) is 2.33. The second-order valence-electron chi connectivity index (χ2n) is 4.29. The molecule has 5 nitrogen and oxygen atoms in total. The summed E-state index contributed by atoms with van der Waals surface area (Å²) in [4.78, 5) is 8.54. The highest BCUT2D eigenvalue weighted by Gasteiger charge is 2.01. The average Bonchev–Trinajstić information content (AvgIpc) is 2.97. The van der Waals surface area contributed by atoms with E-state index in [2.05, 4.69) is 20.4 Å². The van der Waals surface area contributed by atoms with Crippen LogP contribution < -0.4 is 5.32 Å². The van der Waals surface area contributed by atoms with Crippen LogP contribution in [0, 0.1) is 0 Å². The predicted molar refractivity (Wildman–Crippen MR) is 74.9 cm³/mol. The summed E-state index contributed by atoms with van der Waals surface area (Å²) >= 11 is 0. The summed E-state index contributed by atoms with van der Waals surface area (Å²) < 4.78 is 1.93. The number of hydrogen-bond donors (Lipinski definition) is 1. The summed E-state index contributed by atoms with van der Waals surface area (Å²) in [5.74, 6) is 0.895. The second kappa shape index (κ2) is 5.48. The number of benzene rings is 1. The fourth-order valence-corrected chi connectivity index (χ4v) is 2.03. The van der Waals surface area contributed by atoms with Crippen LogP contribution in [0.2, 0.25) is 0 Å². The number of hydrogen-bond acceptors (Lipinski definition) is 4. The molecule has 3 aromatic rings. The first-order chi connectivity index (χ1) is 9.43. The van der Waals surface area contributed by atoms with Crippen LogP contribution in [-0.2, 0) is 6.54 Å². The molecule has 0 aliphatic heterocycles. The molecular weight excluding hydrogens is 238 g/mol. The molecule has 0 aliphatic carbocycles. The fraction of sp³-hybridized carbons (Fsp3) is 0.214. The van der Waals surface area contributed by atoms with Gasteiger partial charge in [-0.15, -0.1) is 0 Å². The van der Waals surface area contributed by atoms with Crippen molar-refractivity contribution < 1.29 is 0 Å². The molecule has 0 spiro atoms. The van der Waals surface area contributed by atoms with E-state index < -0.39 is 0 Å². The molecule has 96 valence electrons. The van der Waals surface area contributed by atoms with Crippen molar-refractivity contribution in [1.29, 1.82) is 0 Å². The van der Waals surface area contributed by atoms with Gasteiger partial charge in [-0.1, -0.05) is 12.1 Å². The summed E-state index contributed by atoms with van der Waals surface area (Å²) in [5, 5.41) is 8.59. The topological polar surface area (TPSA) is 55.6 Å². The average molecular weight is 253 g/mol. The smallest absolute Gasteiger partial charge is 0.137 e. The van der Waals surface area contributed by atoms with E-state index in [1.807, 2.05) is 41.2 Å². The van der Waals surface area contributed by atoms with Gasteiger partial charge in [0.25, 0.3) is 0 Å². The molecule has 0 radical (unpaired) electrons. The Hall–Kier alpha value is -2.43. The Morgan fingerprint density at radius 1 is 1.11 bits per heavy atom. The Morgan fingerprint density at radius 3 is 2.95 bits per heavy atom. The minimum Gasteiger partial charge on any atom is -0.369 e. The Labute approximate surface area is 111 Å². The maximum absolute atomic E-state index is 4.30. The van der Waals surface area contributed by atoms with E-state index in [9.17, 15) is 0 Å². The van der Waals surface area contributed by atoms with E-state index >= 15 is 0 Å². The van der Waals surface area contributed by atoms with Crippen molar-refractivity contribution in [3.63, 3.8) is 0 Å². The number of aryl methyl sites for hydroxylation is 1. The zero-order valence-electron chi connectivity index (χ0n) is 10.5. The first-order valence-corrected chi connectivity index (χ1v) is 6.34. The van der Waals surface area contributed by atoms with Gasteiger partial charge in [0, 0.05) is 30.9 Å². The highest BCUT2D eigenvalue weighted by molar-refractivity contribution is 5.88. The van der Waals surface area contributed by atoms with Gasteiger partial charge in [-0.3, -0.25) is 4.68 Å². The van der Waals surface area contributed by atoms with Crippen LogP contribution in [0.15, 0.2) is 49.1 Å². The van der Waals surface area contributed by atoms with Gasteiger partial charge in [0.1, 0.15) is 12.1 Å². The summed E-state index contributed by atoms with van der Waals surface area (Å²) in [7, 11) is 0. The van der Waals surface area contributed by atoms with E-state index in [1.54, 1.807) is 12.5 Å². The highest BCUT2D eigenvalue weighted by Crippen LogP contribution is 2.17. The first kappa shape index (κ1) is 11.6. The molecule has 0 saturated heterocycles. The van der Waals surface area contributed by atoms with Crippen LogP contribution in [0.1, 0.15) is 6.42 Å². The molecule has 2 heterocycles. The minimum absolute atomic E-state index is 0.862. The number of anilines is 1. The molecule has 0 aliphatic rings. The lowest BCUT2D eigenvalue weighted by Crippen LogP contribution is -2.08. The molecule has 1 aromatic carbocycles. The van der Waals surface area contributed by atoms with E-state index in [1.165, 1.54) is 0 Å². The molecule has 0 saturated carbocycles. The zero-order chi connectivity index (χ0) is 12.9. The molecule has 0 fully saturated rings. The lowest BCUT2D eigenvalue weighted by atomic mass is 10.2. The monoisotopic (exact) mass is 253 g/mol. The van der Waals surface area contributed by atoms with Crippen molar-refractivity contribution in [2.24, 2.45) is 0 Å². The third kappa shape index (κ3) is 2.70. The van der Waals surface area contributed by atoms with Crippen molar-refractivity contribution in [3.8, 4) is 0 Å². The minimum atomic E-state index is 0.862. The molecule has 0 unspecified atom stereocenters. The SMILES string of the molecule is c1ccc2c(NCCCn3cccn3)ncnc2c1. The molecule has 2 aromatic heterocycles. The lowest BCUT2D eigenvalue weighted by Gasteiger charge is -2.08. The van der Waals surface area contributed by atoms with Crippen LogP contribution in [-0.4, -0.2) is 26.3 Å². The Balaban J connectivity index is 1.62. The largest absolute Gasteiger partial charge is 0.369 e. The number of para-hydroxylation sites is 1. The maximum atomic E-state index is 4.30. The normalized spacial score (nSPS) is 10.7. The Bertz CT molecular complexity index is 643. The fourth-order valence-electron chi connectivity index (χ4n) is 2.03. The van der Waals surface area contributed by atoms with Crippen LogP contribution in [0.3, 0.4) is 0 Å². The number of nitrogens with zero attached hydrogens (tertiary/aromatic N) is 4. The van der Waals surface area contributed by atoms with Gasteiger partial charge in [-0.2, -0.15) is 5.10 Å². The van der Waals surface area contributed by atoms with Gasteiger partial charge in [0.15, 0.2) is 0 Å². The van der Waals surface area contributed by atoms with Gasteiger partial charge in [-0.05, 0) is 24.6 Å². The second-order valence-corrected chi connectivity index (χ2v) is 4.29. The van der Waals surface area contributed by atoms with Crippen molar-refractivity contribution >= 4 is 16.7 Å². The van der Waals surface area contributed by atoms with E-state index in [4.69, 9.17) is 0 Å². The molecule has 0 bridgehead atoms. The number of rotatable bonds is 5. The number of fused-ring (bicyclic) bond motifs is 1. The molecule has 0 amide bonds. The zero-order valence-corrected chi connectivity index (χ0v) is 10.5. The third-order valence-electron chi connectivity index (χ3n) is 2.96. The standard InChI is InChI=1S/C14H15N5/c1-2-6-13-12(5-1)14(17-11-16-13)15-7-3-9-19-10-4-8-18-19/h1-2,4-6,8,10-11H,3,7,9H2,(H,15,16,17). The first-order valence-electron chi connectivity index (χ1n) is 6.34. The third-order valence-corrected chi connectivity index (χ3v) is 2.96. The molecule has 5 heteroatoms.